The third kappa shape index (κ3) is 8.96. The molecule has 0 radical (unpaired) electrons. The number of sulfone groups is 1. The van der Waals surface area contributed by atoms with Crippen molar-refractivity contribution in [3.05, 3.63) is 93.8 Å². The van der Waals surface area contributed by atoms with Crippen LogP contribution < -0.4 is 4.74 Å². The molecule has 1 fully saturated rings. The molecule has 0 amide bonds. The molecule has 1 aliphatic rings. The smallest absolute Gasteiger partial charge is 0.417 e. The summed E-state index contributed by atoms with van der Waals surface area (Å²) in [5, 5.41) is 9.14. The molecule has 240 valence electrons. The largest absolute Gasteiger partial charge is 0.493 e. The Balaban J connectivity index is 1.56. The van der Waals surface area contributed by atoms with E-state index in [1.165, 1.54) is 24.1 Å². The molecule has 4 rings (SSSR count). The van der Waals surface area contributed by atoms with E-state index >= 15 is 0 Å². The molecular weight excluding hydrogens is 618 g/mol. The summed E-state index contributed by atoms with van der Waals surface area (Å²) in [4.78, 5) is 1.75. The van der Waals surface area contributed by atoms with E-state index in [4.69, 9.17) is 16.3 Å². The van der Waals surface area contributed by atoms with Crippen LogP contribution >= 0.6 is 11.6 Å². The number of hydrogen-bond acceptors (Lipinski definition) is 5. The molecule has 3 aromatic carbocycles. The molecule has 1 aliphatic carbocycles. The molecule has 11 heteroatoms. The van der Waals surface area contributed by atoms with Gasteiger partial charge in [-0.3, -0.25) is 4.90 Å². The molecule has 1 atom stereocenters. The molecule has 44 heavy (non-hydrogen) atoms. The normalized spacial score (nSPS) is 15.5. The summed E-state index contributed by atoms with van der Waals surface area (Å²) in [6.07, 6.45) is 2.42. The van der Waals surface area contributed by atoms with Gasteiger partial charge in [0.2, 0.25) is 0 Å². The molecule has 5 nitrogen and oxygen atoms in total. The number of aliphatic hydroxyl groups is 1. The Morgan fingerprint density at radius 2 is 1.75 bits per heavy atom. The first kappa shape index (κ1) is 34.2. The number of rotatable bonds is 13. The Hall–Kier alpha value is -2.66. The minimum Gasteiger partial charge on any atom is -0.493 e. The average molecular weight is 656 g/mol. The molecule has 0 heterocycles. The van der Waals surface area contributed by atoms with Crippen molar-refractivity contribution in [2.24, 2.45) is 5.92 Å². The van der Waals surface area contributed by atoms with Crippen molar-refractivity contribution in [2.75, 3.05) is 26.0 Å². The van der Waals surface area contributed by atoms with Crippen LogP contribution in [0.2, 0.25) is 5.02 Å². The summed E-state index contributed by atoms with van der Waals surface area (Å²) >= 11 is 6.30. The zero-order chi connectivity index (χ0) is 31.9. The molecule has 3 aromatic rings. The van der Waals surface area contributed by atoms with E-state index < -0.39 is 34.0 Å². The van der Waals surface area contributed by atoms with Crippen molar-refractivity contribution in [2.45, 2.75) is 68.7 Å². The van der Waals surface area contributed by atoms with Crippen LogP contribution in [0.4, 0.5) is 17.6 Å². The zero-order valence-electron chi connectivity index (χ0n) is 24.6. The second-order valence-corrected chi connectivity index (χ2v) is 13.8. The summed E-state index contributed by atoms with van der Waals surface area (Å²) < 4.78 is 85.5. The van der Waals surface area contributed by atoms with Crippen LogP contribution in [0.15, 0.2) is 65.6 Å². The highest BCUT2D eigenvalue weighted by Crippen LogP contribution is 2.39. The monoisotopic (exact) mass is 655 g/mol. The van der Waals surface area contributed by atoms with E-state index in [0.717, 1.165) is 44.1 Å². The van der Waals surface area contributed by atoms with Gasteiger partial charge >= 0.3 is 6.18 Å². The maximum Gasteiger partial charge on any atom is 0.417 e. The Morgan fingerprint density at radius 1 is 1.05 bits per heavy atom. The van der Waals surface area contributed by atoms with Gasteiger partial charge in [-0.25, -0.2) is 12.8 Å². The van der Waals surface area contributed by atoms with Crippen molar-refractivity contribution in [3.63, 3.8) is 0 Å². The lowest BCUT2D eigenvalue weighted by Gasteiger charge is -2.35. The van der Waals surface area contributed by atoms with E-state index in [1.54, 1.807) is 6.07 Å². The first-order valence-electron chi connectivity index (χ1n) is 14.8. The number of nitrogens with zero attached hydrogens (tertiary/aromatic N) is 1. The average Bonchev–Trinajstić information content (AvgIpc) is 2.98. The highest BCUT2D eigenvalue weighted by Gasteiger charge is 2.34. The van der Waals surface area contributed by atoms with Gasteiger partial charge in [0.05, 0.1) is 28.7 Å². The zero-order valence-corrected chi connectivity index (χ0v) is 26.2. The van der Waals surface area contributed by atoms with Gasteiger partial charge in [0, 0.05) is 37.5 Å². The lowest BCUT2D eigenvalue weighted by molar-refractivity contribution is -0.137. The lowest BCUT2D eigenvalue weighted by atomic mass is 9.76. The number of benzene rings is 3. The van der Waals surface area contributed by atoms with Gasteiger partial charge in [-0.1, -0.05) is 73.3 Å². The second kappa shape index (κ2) is 15.1. The molecule has 1 unspecified atom stereocenters. The molecule has 0 bridgehead atoms. The van der Waals surface area contributed by atoms with E-state index in [1.807, 2.05) is 18.2 Å². The SMILES string of the molecule is CS(=O)(=O)c1cc(OCCCN(Cc2cccc(C(F)(F)F)c2Cl)CC(c2ccccc2)C2CCCCC2)cc(F)c1CO. The van der Waals surface area contributed by atoms with Crippen LogP contribution in [-0.4, -0.2) is 44.4 Å². The van der Waals surface area contributed by atoms with Gasteiger partial charge in [0.1, 0.15) is 11.6 Å². The van der Waals surface area contributed by atoms with E-state index in [9.17, 15) is 31.1 Å². The molecule has 0 aliphatic heterocycles. The molecular formula is C33H38ClF4NO4S. The Bertz CT molecular complexity index is 1500. The molecule has 0 spiro atoms. The maximum absolute atomic E-state index is 14.6. The highest BCUT2D eigenvalue weighted by atomic mass is 35.5. The minimum atomic E-state index is -4.58. The fraction of sp³-hybridized carbons (Fsp3) is 0.455. The van der Waals surface area contributed by atoms with Gasteiger partial charge in [-0.05, 0) is 54.4 Å². The number of hydrogen-bond donors (Lipinski definition) is 1. The Kier molecular flexibility index (Phi) is 11.7. The quantitative estimate of drug-likeness (QED) is 0.149. The fourth-order valence-electron chi connectivity index (χ4n) is 6.07. The minimum absolute atomic E-state index is 0.0111. The van der Waals surface area contributed by atoms with Gasteiger partial charge < -0.3 is 9.84 Å². The molecule has 1 saturated carbocycles. The van der Waals surface area contributed by atoms with Crippen molar-refractivity contribution in [1.82, 2.24) is 4.90 Å². The van der Waals surface area contributed by atoms with Crippen LogP contribution in [0, 0.1) is 11.7 Å². The van der Waals surface area contributed by atoms with Crippen LogP contribution in [0.25, 0.3) is 0 Å². The summed E-state index contributed by atoms with van der Waals surface area (Å²) in [7, 11) is -3.82. The predicted octanol–water partition coefficient (Wildman–Crippen LogP) is 8.03. The summed E-state index contributed by atoms with van der Waals surface area (Å²) in [6, 6.07) is 16.3. The topological polar surface area (TPSA) is 66.8 Å². The molecule has 0 saturated heterocycles. The van der Waals surface area contributed by atoms with E-state index in [-0.39, 0.29) is 40.3 Å². The Morgan fingerprint density at radius 3 is 2.39 bits per heavy atom. The van der Waals surface area contributed by atoms with Crippen molar-refractivity contribution in [3.8, 4) is 5.75 Å². The molecule has 0 aromatic heterocycles. The second-order valence-electron chi connectivity index (χ2n) is 11.4. The lowest BCUT2D eigenvalue weighted by Crippen LogP contribution is -2.34. The summed E-state index contributed by atoms with van der Waals surface area (Å²) in [5.74, 6) is -0.273. The number of aliphatic hydroxyl groups excluding tert-OH is 1. The first-order valence-corrected chi connectivity index (χ1v) is 17.0. The van der Waals surface area contributed by atoms with Gasteiger partial charge in [-0.2, -0.15) is 13.2 Å². The fourth-order valence-corrected chi connectivity index (χ4v) is 7.30. The van der Waals surface area contributed by atoms with Crippen molar-refractivity contribution < 1.29 is 35.8 Å². The van der Waals surface area contributed by atoms with Gasteiger partial charge in [0.25, 0.3) is 0 Å². The third-order valence-corrected chi connectivity index (χ3v) is 9.86. The van der Waals surface area contributed by atoms with Gasteiger partial charge in [0.15, 0.2) is 9.84 Å². The van der Waals surface area contributed by atoms with Gasteiger partial charge in [-0.15, -0.1) is 0 Å². The van der Waals surface area contributed by atoms with Crippen LogP contribution in [0.1, 0.15) is 66.7 Å². The highest BCUT2D eigenvalue weighted by molar-refractivity contribution is 7.90. The van der Waals surface area contributed by atoms with Crippen LogP contribution in [0.5, 0.6) is 5.75 Å². The van der Waals surface area contributed by atoms with Crippen molar-refractivity contribution >= 4 is 21.4 Å². The van der Waals surface area contributed by atoms with E-state index in [0.29, 0.717) is 31.0 Å². The number of ether oxygens (including phenoxy) is 1. The predicted molar refractivity (Wildman–Crippen MR) is 163 cm³/mol. The summed E-state index contributed by atoms with van der Waals surface area (Å²) in [5.41, 5.74) is 0.362. The van der Waals surface area contributed by atoms with Crippen molar-refractivity contribution in [1.29, 1.82) is 0 Å². The van der Waals surface area contributed by atoms with E-state index in [2.05, 4.69) is 17.0 Å². The molecule has 1 N–H and O–H groups in total. The Labute approximate surface area is 261 Å². The standard InChI is InChI=1S/C33H38ClF4NO4S/c1-44(41,42)31-19-26(18-30(35)28(31)22-40)43-17-9-16-39(20-25-14-8-15-29(32(25)34)33(36,37)38)21-27(23-10-4-2-5-11-23)24-12-6-3-7-13-24/h2,4-5,8,10-11,14-15,18-19,24,27,40H,3,6-7,9,12-13,16-17,20-22H2,1H3. The van der Waals surface area contributed by atoms with Crippen LogP contribution in [0.3, 0.4) is 0 Å². The van der Waals surface area contributed by atoms with Crippen LogP contribution in [-0.2, 0) is 29.2 Å². The number of halogens is 5. The first-order chi connectivity index (χ1) is 20.9. The maximum atomic E-state index is 14.6. The summed E-state index contributed by atoms with van der Waals surface area (Å²) in [6.45, 7) is 0.563. The number of alkyl halides is 3. The third-order valence-electron chi connectivity index (χ3n) is 8.25.